The van der Waals surface area contributed by atoms with Gasteiger partial charge in [-0.25, -0.2) is 0 Å². The molecule has 117 valence electrons. The predicted octanol–water partition coefficient (Wildman–Crippen LogP) is 4.85. The van der Waals surface area contributed by atoms with Gasteiger partial charge in [-0.05, 0) is 57.1 Å². The zero-order chi connectivity index (χ0) is 16.1. The SMILES string of the molecule is CCCOc1ccc(PC(=O)c2c(Cl)cccc2Cl)c(C)c1.[Li]. The van der Waals surface area contributed by atoms with E-state index in [-0.39, 0.29) is 33.0 Å². The molecule has 0 bridgehead atoms. The molecule has 2 nitrogen and oxygen atoms in total. The van der Waals surface area contributed by atoms with Crippen LogP contribution in [0.5, 0.6) is 5.75 Å². The molecule has 1 unspecified atom stereocenters. The van der Waals surface area contributed by atoms with Crippen molar-refractivity contribution in [3.05, 3.63) is 57.6 Å². The molecule has 0 amide bonds. The first kappa shape index (κ1) is 20.6. The topological polar surface area (TPSA) is 26.3 Å². The molecule has 0 spiro atoms. The minimum atomic E-state index is -0.0547. The Kier molecular flexibility index (Phi) is 8.70. The van der Waals surface area contributed by atoms with E-state index in [0.29, 0.717) is 22.2 Å². The van der Waals surface area contributed by atoms with Crippen LogP contribution in [-0.4, -0.2) is 31.0 Å². The van der Waals surface area contributed by atoms with Crippen molar-refractivity contribution in [3.8, 4) is 5.75 Å². The molecule has 2 aromatic carbocycles. The normalized spacial score (nSPS) is 10.6. The number of benzene rings is 2. The largest absolute Gasteiger partial charge is 0.494 e. The van der Waals surface area contributed by atoms with Crippen LogP contribution in [0.2, 0.25) is 10.0 Å². The van der Waals surface area contributed by atoms with Crippen LogP contribution in [0.3, 0.4) is 0 Å². The van der Waals surface area contributed by atoms with Gasteiger partial charge >= 0.3 is 0 Å². The molecule has 2 rings (SSSR count). The van der Waals surface area contributed by atoms with Crippen LogP contribution in [0.4, 0.5) is 0 Å². The van der Waals surface area contributed by atoms with Crippen LogP contribution >= 0.6 is 31.8 Å². The summed E-state index contributed by atoms with van der Waals surface area (Å²) in [7, 11) is -0.0173. The molecule has 1 atom stereocenters. The zero-order valence-electron chi connectivity index (χ0n) is 13.5. The van der Waals surface area contributed by atoms with Gasteiger partial charge in [0.1, 0.15) is 5.75 Å². The van der Waals surface area contributed by atoms with E-state index in [9.17, 15) is 4.79 Å². The van der Waals surface area contributed by atoms with Gasteiger partial charge in [0.2, 0.25) is 0 Å². The van der Waals surface area contributed by atoms with Gasteiger partial charge in [0, 0.05) is 18.9 Å². The van der Waals surface area contributed by atoms with Crippen LogP contribution < -0.4 is 10.0 Å². The molecule has 1 radical (unpaired) electrons. The Labute approximate surface area is 160 Å². The second-order valence-corrected chi connectivity index (χ2v) is 6.93. The Balaban J connectivity index is 0.00000264. The molecule has 0 N–H and O–H groups in total. The Morgan fingerprint density at radius 1 is 1.17 bits per heavy atom. The maximum atomic E-state index is 12.5. The fourth-order valence-corrected chi connectivity index (χ4v) is 3.79. The average molecular weight is 362 g/mol. The van der Waals surface area contributed by atoms with Crippen LogP contribution in [-0.2, 0) is 0 Å². The van der Waals surface area contributed by atoms with Crippen molar-refractivity contribution in [3.63, 3.8) is 0 Å². The van der Waals surface area contributed by atoms with Crippen LogP contribution in [0.1, 0.15) is 29.3 Å². The van der Waals surface area contributed by atoms with Crippen molar-refractivity contribution < 1.29 is 9.53 Å². The molecule has 0 aromatic heterocycles. The summed E-state index contributed by atoms with van der Waals surface area (Å²) in [6, 6.07) is 10.9. The summed E-state index contributed by atoms with van der Waals surface area (Å²) in [6.07, 6.45) is 0.964. The summed E-state index contributed by atoms with van der Waals surface area (Å²) < 4.78 is 5.59. The van der Waals surface area contributed by atoms with Crippen molar-refractivity contribution in [2.24, 2.45) is 0 Å². The number of carbonyl (C=O) groups is 1. The Bertz CT molecular complexity index is 672. The molecule has 0 saturated carbocycles. The van der Waals surface area contributed by atoms with Crippen molar-refractivity contribution in [1.29, 1.82) is 0 Å². The van der Waals surface area contributed by atoms with Gasteiger partial charge in [-0.3, -0.25) is 4.79 Å². The molecule has 0 aliphatic carbocycles. The van der Waals surface area contributed by atoms with E-state index in [4.69, 9.17) is 27.9 Å². The molecule has 2 aromatic rings. The Hall–Kier alpha value is -0.483. The van der Waals surface area contributed by atoms with E-state index >= 15 is 0 Å². The average Bonchev–Trinajstić information content (AvgIpc) is 2.47. The monoisotopic (exact) mass is 361 g/mol. The fraction of sp³-hybridized carbons (Fsp3) is 0.235. The number of hydrogen-bond acceptors (Lipinski definition) is 2. The Morgan fingerprint density at radius 2 is 1.83 bits per heavy atom. The third-order valence-electron chi connectivity index (χ3n) is 3.11. The number of aryl methyl sites for hydroxylation is 1. The third-order valence-corrected chi connectivity index (χ3v) is 5.05. The molecule has 6 heteroatoms. The van der Waals surface area contributed by atoms with Crippen LogP contribution in [0.25, 0.3) is 0 Å². The van der Waals surface area contributed by atoms with E-state index in [1.807, 2.05) is 25.1 Å². The number of rotatable bonds is 6. The maximum Gasteiger partial charge on any atom is 0.188 e. The van der Waals surface area contributed by atoms with E-state index in [0.717, 1.165) is 23.0 Å². The number of ether oxygens (including phenoxy) is 1. The van der Waals surface area contributed by atoms with Crippen LogP contribution in [0.15, 0.2) is 36.4 Å². The van der Waals surface area contributed by atoms with Crippen molar-refractivity contribution in [2.75, 3.05) is 6.61 Å². The number of carbonyl (C=O) groups excluding carboxylic acids is 1. The summed E-state index contributed by atoms with van der Waals surface area (Å²) in [5.74, 6) is 0.830. The second kappa shape index (κ2) is 9.73. The molecule has 0 aliphatic rings. The predicted molar refractivity (Wildman–Crippen MR) is 101 cm³/mol. The number of halogens is 2. The maximum absolute atomic E-state index is 12.5. The van der Waals surface area contributed by atoms with Gasteiger partial charge in [0.05, 0.1) is 22.2 Å². The van der Waals surface area contributed by atoms with Crippen LogP contribution in [0, 0.1) is 6.92 Å². The van der Waals surface area contributed by atoms with E-state index < -0.39 is 0 Å². The quantitative estimate of drug-likeness (QED) is 0.542. The van der Waals surface area contributed by atoms with Crippen molar-refractivity contribution >= 4 is 61.5 Å². The second-order valence-electron chi connectivity index (χ2n) is 4.88. The molecule has 23 heavy (non-hydrogen) atoms. The van der Waals surface area contributed by atoms with Crippen molar-refractivity contribution in [1.82, 2.24) is 0 Å². The zero-order valence-corrected chi connectivity index (χ0v) is 16.0. The number of hydrogen-bond donors (Lipinski definition) is 0. The minimum Gasteiger partial charge on any atom is -0.494 e. The fourth-order valence-electron chi connectivity index (χ4n) is 1.99. The standard InChI is InChI=1S/C17H17Cl2O2P.Li/c1-3-9-21-12-7-8-15(11(2)10-12)22-17(20)16-13(18)5-4-6-14(16)19;/h4-8,10,22H,3,9H2,1-2H3;. The van der Waals surface area contributed by atoms with Gasteiger partial charge in [0.25, 0.3) is 0 Å². The minimum absolute atomic E-state index is 0. The van der Waals surface area contributed by atoms with E-state index in [1.165, 1.54) is 0 Å². The first-order valence-corrected chi connectivity index (χ1v) is 8.77. The molecule has 0 fully saturated rings. The van der Waals surface area contributed by atoms with Gasteiger partial charge in [-0.1, -0.05) is 42.3 Å². The summed E-state index contributed by atoms with van der Waals surface area (Å²) in [5.41, 5.74) is 1.37. The summed E-state index contributed by atoms with van der Waals surface area (Å²) in [4.78, 5) is 12.5. The van der Waals surface area contributed by atoms with Crippen molar-refractivity contribution in [2.45, 2.75) is 20.3 Å². The first-order valence-electron chi connectivity index (χ1n) is 7.01. The summed E-state index contributed by atoms with van der Waals surface area (Å²) >= 11 is 12.2. The first-order chi connectivity index (χ1) is 10.5. The van der Waals surface area contributed by atoms with Gasteiger partial charge in [-0.15, -0.1) is 0 Å². The molecule has 0 aliphatic heterocycles. The summed E-state index contributed by atoms with van der Waals surface area (Å²) in [5, 5.41) is 1.76. The Morgan fingerprint density at radius 3 is 2.39 bits per heavy atom. The third kappa shape index (κ3) is 5.52. The van der Waals surface area contributed by atoms with E-state index in [1.54, 1.807) is 18.2 Å². The smallest absolute Gasteiger partial charge is 0.188 e. The molecule has 0 saturated heterocycles. The van der Waals surface area contributed by atoms with Gasteiger partial charge in [-0.2, -0.15) is 0 Å². The molecular weight excluding hydrogens is 345 g/mol. The molecular formula is C17H17Cl2LiO2P. The van der Waals surface area contributed by atoms with E-state index in [2.05, 4.69) is 6.92 Å². The summed E-state index contributed by atoms with van der Waals surface area (Å²) in [6.45, 7) is 4.73. The van der Waals surface area contributed by atoms with Gasteiger partial charge < -0.3 is 4.74 Å². The van der Waals surface area contributed by atoms with Gasteiger partial charge in [0.15, 0.2) is 5.52 Å². The molecule has 0 heterocycles.